The van der Waals surface area contributed by atoms with Crippen molar-refractivity contribution in [1.29, 1.82) is 0 Å². The average Bonchev–Trinajstić information content (AvgIpc) is 2.62. The molecule has 5 nitrogen and oxygen atoms in total. The Morgan fingerprint density at radius 2 is 1.68 bits per heavy atom. The summed E-state index contributed by atoms with van der Waals surface area (Å²) >= 11 is 0. The van der Waals surface area contributed by atoms with E-state index >= 15 is 0 Å². The normalized spacial score (nSPS) is 11.2. The van der Waals surface area contributed by atoms with E-state index in [0.29, 0.717) is 13.2 Å². The van der Waals surface area contributed by atoms with E-state index in [4.69, 9.17) is 15.2 Å². The summed E-state index contributed by atoms with van der Waals surface area (Å²) in [6.45, 7) is 0.932. The molecule has 1 amide bonds. The van der Waals surface area contributed by atoms with E-state index < -0.39 is 0 Å². The molecule has 1 unspecified atom stereocenters. The van der Waals surface area contributed by atoms with E-state index in [1.807, 2.05) is 54.6 Å². The van der Waals surface area contributed by atoms with Gasteiger partial charge in [-0.15, -0.1) is 12.4 Å². The summed E-state index contributed by atoms with van der Waals surface area (Å²) in [5.41, 5.74) is 7.06. The summed E-state index contributed by atoms with van der Waals surface area (Å²) in [6.07, 6.45) is 0.281. The number of hydrogen-bond acceptors (Lipinski definition) is 4. The molecule has 0 bridgehead atoms. The van der Waals surface area contributed by atoms with E-state index in [1.54, 1.807) is 19.1 Å². The van der Waals surface area contributed by atoms with Gasteiger partial charge in [-0.05, 0) is 29.8 Å². The van der Waals surface area contributed by atoms with Crippen molar-refractivity contribution >= 4 is 18.3 Å². The quantitative estimate of drug-likeness (QED) is 0.781. The first-order valence-corrected chi connectivity index (χ1v) is 7.91. The van der Waals surface area contributed by atoms with Gasteiger partial charge in [0.05, 0.1) is 13.7 Å². The van der Waals surface area contributed by atoms with Crippen molar-refractivity contribution in [3.8, 4) is 11.5 Å². The highest BCUT2D eigenvalue weighted by molar-refractivity contribution is 5.85. The van der Waals surface area contributed by atoms with Crippen molar-refractivity contribution in [3.63, 3.8) is 0 Å². The molecule has 25 heavy (non-hydrogen) atoms. The number of carbonyl (C=O) groups excluding carboxylic acids is 1. The van der Waals surface area contributed by atoms with Gasteiger partial charge >= 0.3 is 0 Å². The van der Waals surface area contributed by atoms with Crippen molar-refractivity contribution < 1.29 is 14.3 Å². The Kier molecular flexibility index (Phi) is 8.81. The molecule has 2 rings (SSSR count). The second-order valence-electron chi connectivity index (χ2n) is 5.56. The fourth-order valence-electron chi connectivity index (χ4n) is 2.26. The summed E-state index contributed by atoms with van der Waals surface area (Å²) in [5.74, 6) is 1.53. The van der Waals surface area contributed by atoms with Crippen LogP contribution in [0.3, 0.4) is 0 Å². The molecule has 0 aromatic heterocycles. The molecule has 0 saturated carbocycles. The number of nitrogens with zero attached hydrogens (tertiary/aromatic N) is 1. The lowest BCUT2D eigenvalue weighted by atomic mass is 10.0. The van der Waals surface area contributed by atoms with Crippen LogP contribution in [0.15, 0.2) is 54.6 Å². The Hall–Kier alpha value is -2.24. The minimum atomic E-state index is -0.288. The summed E-state index contributed by atoms with van der Waals surface area (Å²) < 4.78 is 10.7. The lowest BCUT2D eigenvalue weighted by Crippen LogP contribution is -2.33. The molecule has 0 spiro atoms. The largest absolute Gasteiger partial charge is 0.497 e. The Morgan fingerprint density at radius 1 is 1.08 bits per heavy atom. The van der Waals surface area contributed by atoms with E-state index in [-0.39, 0.29) is 30.8 Å². The fourth-order valence-corrected chi connectivity index (χ4v) is 2.26. The van der Waals surface area contributed by atoms with Crippen LogP contribution in [-0.2, 0) is 4.79 Å². The van der Waals surface area contributed by atoms with Gasteiger partial charge in [0.2, 0.25) is 5.91 Å². The van der Waals surface area contributed by atoms with Gasteiger partial charge in [0.15, 0.2) is 0 Å². The number of rotatable bonds is 8. The van der Waals surface area contributed by atoms with Crippen LogP contribution >= 0.6 is 12.4 Å². The Morgan fingerprint density at radius 3 is 2.28 bits per heavy atom. The third-order valence-corrected chi connectivity index (χ3v) is 3.80. The Balaban J connectivity index is 0.00000312. The molecule has 0 heterocycles. The molecule has 0 aliphatic rings. The molecule has 0 fully saturated rings. The van der Waals surface area contributed by atoms with Crippen LogP contribution in [0.2, 0.25) is 0 Å². The molecule has 136 valence electrons. The lowest BCUT2D eigenvalue weighted by Gasteiger charge is -2.20. The van der Waals surface area contributed by atoms with Gasteiger partial charge in [-0.25, -0.2) is 0 Å². The third kappa shape index (κ3) is 6.64. The summed E-state index contributed by atoms with van der Waals surface area (Å²) in [6, 6.07) is 16.7. The molecule has 2 aromatic carbocycles. The molecule has 0 saturated heterocycles. The fraction of sp³-hybridized carbons (Fsp3) is 0.316. The molecular weight excluding hydrogens is 340 g/mol. The van der Waals surface area contributed by atoms with Gasteiger partial charge in [-0.1, -0.05) is 30.3 Å². The van der Waals surface area contributed by atoms with Gasteiger partial charge < -0.3 is 20.1 Å². The standard InChI is InChI=1S/C19H24N2O3.ClH/c1-21(12-13-24-17-10-8-16(23-2)9-11-17)19(22)14-18(20)15-6-4-3-5-7-15;/h3-11,18H,12-14,20H2,1-2H3;1H. The predicted octanol–water partition coefficient (Wildman–Crippen LogP) is 3.04. The van der Waals surface area contributed by atoms with Crippen molar-refractivity contribution in [2.75, 3.05) is 27.3 Å². The van der Waals surface area contributed by atoms with Gasteiger partial charge in [-0.2, -0.15) is 0 Å². The van der Waals surface area contributed by atoms with Gasteiger partial charge in [0, 0.05) is 19.5 Å². The van der Waals surface area contributed by atoms with E-state index in [2.05, 4.69) is 0 Å². The Bertz CT molecular complexity index is 635. The first-order valence-electron chi connectivity index (χ1n) is 7.91. The second-order valence-corrected chi connectivity index (χ2v) is 5.56. The van der Waals surface area contributed by atoms with E-state index in [9.17, 15) is 4.79 Å². The molecule has 1 atom stereocenters. The average molecular weight is 365 g/mol. The van der Waals surface area contributed by atoms with Gasteiger partial charge in [-0.3, -0.25) is 4.79 Å². The number of carbonyl (C=O) groups is 1. The van der Waals surface area contributed by atoms with Crippen molar-refractivity contribution in [1.82, 2.24) is 4.90 Å². The van der Waals surface area contributed by atoms with Crippen LogP contribution in [0.25, 0.3) is 0 Å². The highest BCUT2D eigenvalue weighted by Crippen LogP contribution is 2.17. The molecule has 2 N–H and O–H groups in total. The third-order valence-electron chi connectivity index (χ3n) is 3.80. The van der Waals surface area contributed by atoms with Crippen molar-refractivity contribution in [2.45, 2.75) is 12.5 Å². The van der Waals surface area contributed by atoms with Crippen LogP contribution in [-0.4, -0.2) is 38.1 Å². The summed E-state index contributed by atoms with van der Waals surface area (Å²) in [4.78, 5) is 13.9. The highest BCUT2D eigenvalue weighted by Gasteiger charge is 2.15. The van der Waals surface area contributed by atoms with E-state index in [0.717, 1.165) is 17.1 Å². The summed E-state index contributed by atoms with van der Waals surface area (Å²) in [7, 11) is 3.38. The Labute approximate surface area is 155 Å². The zero-order valence-corrected chi connectivity index (χ0v) is 15.4. The number of amides is 1. The minimum absolute atomic E-state index is 0. The lowest BCUT2D eigenvalue weighted by molar-refractivity contribution is -0.130. The first kappa shape index (κ1) is 20.8. The molecule has 0 aliphatic heterocycles. The zero-order valence-electron chi connectivity index (χ0n) is 14.6. The topological polar surface area (TPSA) is 64.8 Å². The molecule has 2 aromatic rings. The number of nitrogens with two attached hydrogens (primary N) is 1. The number of methoxy groups -OCH3 is 1. The molecule has 0 aliphatic carbocycles. The van der Waals surface area contributed by atoms with Crippen LogP contribution in [0, 0.1) is 0 Å². The van der Waals surface area contributed by atoms with Gasteiger partial charge in [0.1, 0.15) is 18.1 Å². The van der Waals surface area contributed by atoms with Crippen LogP contribution < -0.4 is 15.2 Å². The maximum Gasteiger partial charge on any atom is 0.224 e. The monoisotopic (exact) mass is 364 g/mol. The smallest absolute Gasteiger partial charge is 0.224 e. The number of benzene rings is 2. The van der Waals surface area contributed by atoms with Crippen LogP contribution in [0.1, 0.15) is 18.0 Å². The number of halogens is 1. The summed E-state index contributed by atoms with van der Waals surface area (Å²) in [5, 5.41) is 0. The second kappa shape index (κ2) is 10.6. The molecule has 6 heteroatoms. The molecule has 0 radical (unpaired) electrons. The number of likely N-dealkylation sites (N-methyl/N-ethyl adjacent to an activating group) is 1. The maximum atomic E-state index is 12.2. The van der Waals surface area contributed by atoms with Gasteiger partial charge in [0.25, 0.3) is 0 Å². The van der Waals surface area contributed by atoms with Crippen LogP contribution in [0.5, 0.6) is 11.5 Å². The minimum Gasteiger partial charge on any atom is -0.497 e. The highest BCUT2D eigenvalue weighted by atomic mass is 35.5. The molecular formula is C19H25ClN2O3. The predicted molar refractivity (Wildman–Crippen MR) is 101 cm³/mol. The van der Waals surface area contributed by atoms with Crippen LogP contribution in [0.4, 0.5) is 0 Å². The SMILES string of the molecule is COc1ccc(OCCN(C)C(=O)CC(N)c2ccccc2)cc1.Cl. The van der Waals surface area contributed by atoms with Crippen molar-refractivity contribution in [3.05, 3.63) is 60.2 Å². The van der Waals surface area contributed by atoms with E-state index in [1.165, 1.54) is 0 Å². The number of hydrogen-bond donors (Lipinski definition) is 1. The van der Waals surface area contributed by atoms with Crippen molar-refractivity contribution in [2.24, 2.45) is 5.73 Å². The maximum absolute atomic E-state index is 12.2. The number of ether oxygens (including phenoxy) is 2. The first-order chi connectivity index (χ1) is 11.6. The zero-order chi connectivity index (χ0) is 17.4.